The normalized spacial score (nSPS) is 10.7. The highest BCUT2D eigenvalue weighted by atomic mass is 35.5. The van der Waals surface area contributed by atoms with Crippen molar-refractivity contribution >= 4 is 23.4 Å². The molecule has 0 radical (unpaired) electrons. The molecule has 1 N–H and O–H groups in total. The average molecular weight is 304 g/mol. The van der Waals surface area contributed by atoms with Crippen LogP contribution in [0.15, 0.2) is 18.2 Å². The average Bonchev–Trinajstić information content (AvgIpc) is 2.41. The second-order valence-electron chi connectivity index (χ2n) is 4.12. The van der Waals surface area contributed by atoms with Gasteiger partial charge in [0, 0.05) is 30.8 Å². The number of hydrogen-bond donors (Lipinski definition) is 1. The Bertz CT molecular complexity index is 363. The van der Waals surface area contributed by atoms with Gasteiger partial charge >= 0.3 is 0 Å². The van der Waals surface area contributed by atoms with Crippen molar-refractivity contribution in [3.8, 4) is 5.75 Å². The minimum absolute atomic E-state index is 0.699. The van der Waals surface area contributed by atoms with E-state index in [9.17, 15) is 0 Å². The predicted octanol–water partition coefficient (Wildman–Crippen LogP) is 3.21. The van der Waals surface area contributed by atoms with Crippen molar-refractivity contribution in [2.24, 2.45) is 0 Å². The van der Waals surface area contributed by atoms with Gasteiger partial charge in [-0.25, -0.2) is 0 Å². The van der Waals surface area contributed by atoms with E-state index in [4.69, 9.17) is 21.1 Å². The number of nitrogens with one attached hydrogen (secondary N) is 1. The topological polar surface area (TPSA) is 30.5 Å². The van der Waals surface area contributed by atoms with E-state index in [2.05, 4.69) is 11.6 Å². The summed E-state index contributed by atoms with van der Waals surface area (Å²) in [5, 5.41) is 4.04. The zero-order valence-electron chi connectivity index (χ0n) is 11.6. The molecule has 0 fully saturated rings. The lowest BCUT2D eigenvalue weighted by Gasteiger charge is -2.12. The number of rotatable bonds is 10. The Labute approximate surface area is 125 Å². The van der Waals surface area contributed by atoms with Gasteiger partial charge in [-0.1, -0.05) is 11.6 Å². The molecule has 0 spiro atoms. The summed E-state index contributed by atoms with van der Waals surface area (Å²) in [7, 11) is 1.70. The van der Waals surface area contributed by atoms with Gasteiger partial charge in [0.25, 0.3) is 0 Å². The van der Waals surface area contributed by atoms with Crippen molar-refractivity contribution in [2.75, 3.05) is 38.9 Å². The molecule has 0 aliphatic carbocycles. The van der Waals surface area contributed by atoms with Crippen LogP contribution in [0.3, 0.4) is 0 Å². The van der Waals surface area contributed by atoms with E-state index in [-0.39, 0.29) is 0 Å². The van der Waals surface area contributed by atoms with Crippen LogP contribution in [-0.2, 0) is 11.3 Å². The van der Waals surface area contributed by atoms with Gasteiger partial charge in [0.05, 0.1) is 13.2 Å². The summed E-state index contributed by atoms with van der Waals surface area (Å²) in [6, 6.07) is 5.75. The molecular weight excluding hydrogens is 282 g/mol. The summed E-state index contributed by atoms with van der Waals surface area (Å²) >= 11 is 7.86. The van der Waals surface area contributed by atoms with Crippen molar-refractivity contribution in [1.82, 2.24) is 5.32 Å². The zero-order chi connectivity index (χ0) is 13.9. The lowest BCUT2D eigenvalue weighted by atomic mass is 10.2. The predicted molar refractivity (Wildman–Crippen MR) is 83.5 cm³/mol. The summed E-state index contributed by atoms with van der Waals surface area (Å²) in [4.78, 5) is 0. The van der Waals surface area contributed by atoms with Crippen LogP contribution in [-0.4, -0.2) is 38.9 Å². The van der Waals surface area contributed by atoms with Gasteiger partial charge in [-0.2, -0.15) is 11.8 Å². The van der Waals surface area contributed by atoms with Gasteiger partial charge in [0.1, 0.15) is 5.75 Å². The molecule has 0 unspecified atom stereocenters. The summed E-state index contributed by atoms with van der Waals surface area (Å²) in [6.07, 6.45) is 3.16. The maximum atomic E-state index is 6.03. The van der Waals surface area contributed by atoms with E-state index < -0.39 is 0 Å². The van der Waals surface area contributed by atoms with Crippen LogP contribution in [0.1, 0.15) is 12.0 Å². The van der Waals surface area contributed by atoms with Crippen LogP contribution in [0.4, 0.5) is 0 Å². The molecule has 0 atom stereocenters. The SMILES string of the molecule is COCCNCc1cc(Cl)ccc1OCCCSC. The number of ether oxygens (including phenoxy) is 2. The molecule has 0 heterocycles. The van der Waals surface area contributed by atoms with Crippen molar-refractivity contribution in [3.63, 3.8) is 0 Å². The number of benzene rings is 1. The number of hydrogen-bond acceptors (Lipinski definition) is 4. The fourth-order valence-corrected chi connectivity index (χ4v) is 2.21. The minimum atomic E-state index is 0.699. The molecule has 3 nitrogen and oxygen atoms in total. The first kappa shape index (κ1) is 16.6. The van der Waals surface area contributed by atoms with Crippen LogP contribution < -0.4 is 10.1 Å². The van der Waals surface area contributed by atoms with Gasteiger partial charge in [-0.15, -0.1) is 0 Å². The van der Waals surface area contributed by atoms with Gasteiger partial charge < -0.3 is 14.8 Å². The van der Waals surface area contributed by atoms with E-state index in [1.165, 1.54) is 0 Å². The van der Waals surface area contributed by atoms with Crippen molar-refractivity contribution in [2.45, 2.75) is 13.0 Å². The number of halogens is 1. The van der Waals surface area contributed by atoms with Gasteiger partial charge in [-0.3, -0.25) is 0 Å². The lowest BCUT2D eigenvalue weighted by molar-refractivity contribution is 0.199. The quantitative estimate of drug-likeness (QED) is 0.672. The molecule has 0 aromatic heterocycles. The van der Waals surface area contributed by atoms with Crippen molar-refractivity contribution in [1.29, 1.82) is 0 Å². The Hall–Kier alpha value is -0.420. The van der Waals surface area contributed by atoms with Crippen LogP contribution in [0.5, 0.6) is 5.75 Å². The monoisotopic (exact) mass is 303 g/mol. The van der Waals surface area contributed by atoms with Gasteiger partial charge in [0.2, 0.25) is 0 Å². The second kappa shape index (κ2) is 10.4. The van der Waals surface area contributed by atoms with Crippen LogP contribution in [0.25, 0.3) is 0 Å². The summed E-state index contributed by atoms with van der Waals surface area (Å²) < 4.78 is 10.8. The third-order valence-electron chi connectivity index (χ3n) is 2.57. The molecule has 1 aromatic carbocycles. The molecule has 108 valence electrons. The molecule has 1 rings (SSSR count). The van der Waals surface area contributed by atoms with E-state index in [0.29, 0.717) is 6.61 Å². The third-order valence-corrected chi connectivity index (χ3v) is 3.50. The molecule has 0 saturated carbocycles. The Morgan fingerprint density at radius 2 is 2.16 bits per heavy atom. The largest absolute Gasteiger partial charge is 0.493 e. The van der Waals surface area contributed by atoms with E-state index >= 15 is 0 Å². The highest BCUT2D eigenvalue weighted by Crippen LogP contribution is 2.23. The molecule has 0 saturated heterocycles. The van der Waals surface area contributed by atoms with Crippen molar-refractivity contribution < 1.29 is 9.47 Å². The van der Waals surface area contributed by atoms with Gasteiger partial charge in [-0.05, 0) is 36.6 Å². The molecule has 0 aliphatic rings. The second-order valence-corrected chi connectivity index (χ2v) is 5.54. The van der Waals surface area contributed by atoms with Crippen LogP contribution in [0, 0.1) is 0 Å². The first-order valence-corrected chi connectivity index (χ1v) is 8.15. The highest BCUT2D eigenvalue weighted by Gasteiger charge is 2.04. The molecule has 0 bridgehead atoms. The first-order valence-electron chi connectivity index (χ1n) is 6.37. The van der Waals surface area contributed by atoms with Crippen LogP contribution >= 0.6 is 23.4 Å². The summed E-state index contributed by atoms with van der Waals surface area (Å²) in [5.41, 5.74) is 1.09. The van der Waals surface area contributed by atoms with E-state index in [0.717, 1.165) is 48.2 Å². The number of methoxy groups -OCH3 is 1. The Morgan fingerprint density at radius 3 is 2.89 bits per heavy atom. The Morgan fingerprint density at radius 1 is 1.32 bits per heavy atom. The molecule has 5 heteroatoms. The lowest BCUT2D eigenvalue weighted by Crippen LogP contribution is -2.19. The fourth-order valence-electron chi connectivity index (χ4n) is 1.61. The van der Waals surface area contributed by atoms with E-state index in [1.54, 1.807) is 7.11 Å². The fraction of sp³-hybridized carbons (Fsp3) is 0.571. The minimum Gasteiger partial charge on any atom is -0.493 e. The molecular formula is C14H22ClNO2S. The van der Waals surface area contributed by atoms with Crippen molar-refractivity contribution in [3.05, 3.63) is 28.8 Å². The zero-order valence-corrected chi connectivity index (χ0v) is 13.1. The van der Waals surface area contributed by atoms with Crippen LogP contribution in [0.2, 0.25) is 5.02 Å². The maximum absolute atomic E-state index is 6.03. The molecule has 1 aromatic rings. The Kier molecular flexibility index (Phi) is 9.08. The Balaban J connectivity index is 2.48. The molecule has 0 amide bonds. The third kappa shape index (κ3) is 7.06. The summed E-state index contributed by atoms with van der Waals surface area (Å²) in [5.74, 6) is 2.03. The highest BCUT2D eigenvalue weighted by molar-refractivity contribution is 7.98. The van der Waals surface area contributed by atoms with E-state index in [1.807, 2.05) is 30.0 Å². The maximum Gasteiger partial charge on any atom is 0.123 e. The smallest absolute Gasteiger partial charge is 0.123 e. The van der Waals surface area contributed by atoms with Gasteiger partial charge in [0.15, 0.2) is 0 Å². The standard InChI is InChI=1S/C14H22ClNO2S/c1-17-8-6-16-11-12-10-13(15)4-5-14(12)18-7-3-9-19-2/h4-5,10,16H,3,6-9,11H2,1-2H3. The first-order chi connectivity index (χ1) is 9.27. The summed E-state index contributed by atoms with van der Waals surface area (Å²) in [6.45, 7) is 2.99. The number of thioether (sulfide) groups is 1. The molecule has 19 heavy (non-hydrogen) atoms. The molecule has 0 aliphatic heterocycles.